The van der Waals surface area contributed by atoms with Crippen molar-refractivity contribution < 1.29 is 4.79 Å². The predicted molar refractivity (Wildman–Crippen MR) is 52.2 cm³/mol. The molecule has 13 heavy (non-hydrogen) atoms. The van der Waals surface area contributed by atoms with Gasteiger partial charge in [-0.05, 0) is 31.1 Å². The van der Waals surface area contributed by atoms with Crippen molar-refractivity contribution >= 4 is 5.91 Å². The second-order valence-electron chi connectivity index (χ2n) is 4.69. The molecule has 2 nitrogen and oxygen atoms in total. The first-order valence-electron chi connectivity index (χ1n) is 5.55. The Morgan fingerprint density at radius 3 is 2.62 bits per heavy atom. The number of nitrogens with one attached hydrogen (secondary N) is 1. The van der Waals surface area contributed by atoms with Crippen LogP contribution in [0.1, 0.15) is 39.0 Å². The van der Waals surface area contributed by atoms with Gasteiger partial charge < -0.3 is 5.32 Å². The molecule has 2 atom stereocenters. The van der Waals surface area contributed by atoms with Gasteiger partial charge in [0, 0.05) is 12.5 Å². The lowest BCUT2D eigenvalue weighted by molar-refractivity contribution is -0.122. The summed E-state index contributed by atoms with van der Waals surface area (Å²) in [5.41, 5.74) is 0. The number of amides is 1. The van der Waals surface area contributed by atoms with Gasteiger partial charge in [0.2, 0.25) is 5.91 Å². The number of hydrogen-bond donors (Lipinski definition) is 1. The molecule has 0 aromatic rings. The lowest BCUT2D eigenvalue weighted by atomic mass is 9.98. The van der Waals surface area contributed by atoms with E-state index in [2.05, 4.69) is 12.2 Å². The highest BCUT2D eigenvalue weighted by atomic mass is 16.2. The third-order valence-electron chi connectivity index (χ3n) is 3.53. The Morgan fingerprint density at radius 2 is 2.08 bits per heavy atom. The van der Waals surface area contributed by atoms with E-state index in [0.717, 1.165) is 31.2 Å². The van der Waals surface area contributed by atoms with Gasteiger partial charge in [-0.25, -0.2) is 0 Å². The van der Waals surface area contributed by atoms with Gasteiger partial charge in [-0.15, -0.1) is 0 Å². The monoisotopic (exact) mass is 181 g/mol. The molecule has 2 aliphatic rings. The highest BCUT2D eigenvalue weighted by molar-refractivity contribution is 5.80. The summed E-state index contributed by atoms with van der Waals surface area (Å²) in [6.07, 6.45) is 6.25. The van der Waals surface area contributed by atoms with Crippen molar-refractivity contribution in [2.24, 2.45) is 17.8 Å². The Kier molecular flexibility index (Phi) is 2.56. The first-order chi connectivity index (χ1) is 6.27. The van der Waals surface area contributed by atoms with Crippen molar-refractivity contribution in [1.29, 1.82) is 0 Å². The molecule has 2 unspecified atom stereocenters. The summed E-state index contributed by atoms with van der Waals surface area (Å²) in [5, 5.41) is 3.08. The van der Waals surface area contributed by atoms with E-state index in [1.807, 2.05) is 0 Å². The molecule has 2 heteroatoms. The third kappa shape index (κ3) is 2.23. The third-order valence-corrected chi connectivity index (χ3v) is 3.53. The van der Waals surface area contributed by atoms with Crippen LogP contribution in [0.15, 0.2) is 0 Å². The molecule has 0 aromatic carbocycles. The van der Waals surface area contributed by atoms with Crippen LogP contribution in [-0.4, -0.2) is 12.5 Å². The molecule has 0 saturated heterocycles. The van der Waals surface area contributed by atoms with Crippen molar-refractivity contribution in [3.63, 3.8) is 0 Å². The minimum Gasteiger partial charge on any atom is -0.356 e. The minimum absolute atomic E-state index is 0.305. The van der Waals surface area contributed by atoms with Gasteiger partial charge in [0.25, 0.3) is 0 Å². The topological polar surface area (TPSA) is 29.1 Å². The molecule has 0 heterocycles. The van der Waals surface area contributed by atoms with Crippen molar-refractivity contribution in [1.82, 2.24) is 5.32 Å². The quantitative estimate of drug-likeness (QED) is 0.708. The first kappa shape index (κ1) is 9.04. The van der Waals surface area contributed by atoms with E-state index in [0.29, 0.717) is 11.8 Å². The Morgan fingerprint density at radius 1 is 1.31 bits per heavy atom. The average molecular weight is 181 g/mol. The second kappa shape index (κ2) is 3.69. The average Bonchev–Trinajstić information content (AvgIpc) is 2.88. The van der Waals surface area contributed by atoms with Crippen LogP contribution in [0, 0.1) is 17.8 Å². The van der Waals surface area contributed by atoms with Gasteiger partial charge in [-0.1, -0.05) is 19.8 Å². The summed E-state index contributed by atoms with van der Waals surface area (Å²) >= 11 is 0. The second-order valence-corrected chi connectivity index (χ2v) is 4.69. The van der Waals surface area contributed by atoms with Crippen LogP contribution >= 0.6 is 0 Å². The van der Waals surface area contributed by atoms with Crippen LogP contribution in [0.2, 0.25) is 0 Å². The van der Waals surface area contributed by atoms with Gasteiger partial charge in [0.1, 0.15) is 0 Å². The Balaban J connectivity index is 1.68. The molecule has 2 aliphatic carbocycles. The van der Waals surface area contributed by atoms with E-state index in [1.165, 1.54) is 19.3 Å². The summed E-state index contributed by atoms with van der Waals surface area (Å²) in [5.74, 6) is 2.25. The van der Waals surface area contributed by atoms with Crippen molar-refractivity contribution in [2.45, 2.75) is 39.0 Å². The zero-order valence-electron chi connectivity index (χ0n) is 8.38. The molecule has 0 aromatic heterocycles. The maximum atomic E-state index is 11.4. The summed E-state index contributed by atoms with van der Waals surface area (Å²) in [6, 6.07) is 0. The fourth-order valence-corrected chi connectivity index (χ4v) is 2.25. The van der Waals surface area contributed by atoms with Gasteiger partial charge in [-0.3, -0.25) is 4.79 Å². The molecule has 1 N–H and O–H groups in total. The molecule has 2 rings (SSSR count). The highest BCUT2D eigenvalue weighted by Gasteiger charge is 2.30. The van der Waals surface area contributed by atoms with E-state index in [4.69, 9.17) is 0 Å². The number of rotatable bonds is 3. The zero-order valence-corrected chi connectivity index (χ0v) is 8.38. The first-order valence-corrected chi connectivity index (χ1v) is 5.55. The van der Waals surface area contributed by atoms with E-state index in [1.54, 1.807) is 0 Å². The molecule has 1 amide bonds. The van der Waals surface area contributed by atoms with Gasteiger partial charge in [0.15, 0.2) is 0 Å². The van der Waals surface area contributed by atoms with Crippen LogP contribution in [-0.2, 0) is 4.79 Å². The fourth-order valence-electron chi connectivity index (χ4n) is 2.25. The zero-order chi connectivity index (χ0) is 9.26. The number of hydrogen-bond acceptors (Lipinski definition) is 1. The van der Waals surface area contributed by atoms with Gasteiger partial charge in [0.05, 0.1) is 0 Å². The lowest BCUT2D eigenvalue weighted by Gasteiger charge is -2.15. The van der Waals surface area contributed by atoms with E-state index < -0.39 is 0 Å². The normalized spacial score (nSPS) is 33.3. The van der Waals surface area contributed by atoms with E-state index >= 15 is 0 Å². The predicted octanol–water partition coefficient (Wildman–Crippen LogP) is 1.95. The van der Waals surface area contributed by atoms with Crippen LogP contribution < -0.4 is 5.32 Å². The van der Waals surface area contributed by atoms with Crippen molar-refractivity contribution in [3.8, 4) is 0 Å². The fraction of sp³-hybridized carbons (Fsp3) is 0.909. The summed E-state index contributed by atoms with van der Waals surface area (Å²) in [6.45, 7) is 3.23. The molecule has 2 saturated carbocycles. The van der Waals surface area contributed by atoms with Crippen LogP contribution in [0.5, 0.6) is 0 Å². The van der Waals surface area contributed by atoms with Crippen LogP contribution in [0.3, 0.4) is 0 Å². The summed E-state index contributed by atoms with van der Waals surface area (Å²) in [4.78, 5) is 11.4. The molecule has 0 spiro atoms. The standard InChI is InChI=1S/C11H19NO/c1-8-3-2-4-10(8)7-12-11(13)9-5-6-9/h8-10H,2-7H2,1H3,(H,12,13). The largest absolute Gasteiger partial charge is 0.356 e. The summed E-state index contributed by atoms with van der Waals surface area (Å²) in [7, 11) is 0. The molecule has 74 valence electrons. The van der Waals surface area contributed by atoms with E-state index in [-0.39, 0.29) is 0 Å². The van der Waals surface area contributed by atoms with Crippen LogP contribution in [0.25, 0.3) is 0 Å². The lowest BCUT2D eigenvalue weighted by Crippen LogP contribution is -2.31. The highest BCUT2D eigenvalue weighted by Crippen LogP contribution is 2.32. The maximum Gasteiger partial charge on any atom is 0.223 e. The van der Waals surface area contributed by atoms with E-state index in [9.17, 15) is 4.79 Å². The molecule has 0 bridgehead atoms. The Bertz CT molecular complexity index is 198. The van der Waals surface area contributed by atoms with Crippen molar-refractivity contribution in [3.05, 3.63) is 0 Å². The molecular formula is C11H19NO. The summed E-state index contributed by atoms with van der Waals surface area (Å²) < 4.78 is 0. The molecule has 0 aliphatic heterocycles. The molecular weight excluding hydrogens is 162 g/mol. The Labute approximate surface area is 80.1 Å². The molecule has 2 fully saturated rings. The minimum atomic E-state index is 0.305. The smallest absolute Gasteiger partial charge is 0.223 e. The van der Waals surface area contributed by atoms with Gasteiger partial charge in [-0.2, -0.15) is 0 Å². The SMILES string of the molecule is CC1CCCC1CNC(=O)C1CC1. The Hall–Kier alpha value is -0.530. The van der Waals surface area contributed by atoms with Crippen LogP contribution in [0.4, 0.5) is 0 Å². The molecule has 0 radical (unpaired) electrons. The van der Waals surface area contributed by atoms with Crippen molar-refractivity contribution in [2.75, 3.05) is 6.54 Å². The maximum absolute atomic E-state index is 11.4. The van der Waals surface area contributed by atoms with Gasteiger partial charge >= 0.3 is 0 Å². The number of carbonyl (C=O) groups is 1. The number of carbonyl (C=O) groups excluding carboxylic acids is 1.